The van der Waals surface area contributed by atoms with Crippen LogP contribution in [0.15, 0.2) is 30.5 Å². The summed E-state index contributed by atoms with van der Waals surface area (Å²) >= 11 is 6.02. The first-order valence-electron chi connectivity index (χ1n) is 6.50. The first-order chi connectivity index (χ1) is 10.1. The zero-order valence-electron chi connectivity index (χ0n) is 12.0. The van der Waals surface area contributed by atoms with Gasteiger partial charge < -0.3 is 14.5 Å². The molecule has 2 heterocycles. The lowest BCUT2D eigenvalue weighted by atomic mass is 10.0. The van der Waals surface area contributed by atoms with E-state index in [2.05, 4.69) is 9.97 Å². The number of pyridine rings is 1. The summed E-state index contributed by atoms with van der Waals surface area (Å²) in [7, 11) is 3.25. The molecule has 0 spiro atoms. The van der Waals surface area contributed by atoms with Crippen LogP contribution in [0.4, 0.5) is 0 Å². The summed E-state index contributed by atoms with van der Waals surface area (Å²) in [5.74, 6) is 1.40. The number of nitrogens with one attached hydrogen (secondary N) is 1. The summed E-state index contributed by atoms with van der Waals surface area (Å²) in [5.41, 5.74) is 4.15. The first kappa shape index (κ1) is 13.8. The molecule has 0 bridgehead atoms. The van der Waals surface area contributed by atoms with Gasteiger partial charge in [-0.25, -0.2) is 4.98 Å². The number of aryl methyl sites for hydroxylation is 1. The second-order valence-corrected chi connectivity index (χ2v) is 5.13. The van der Waals surface area contributed by atoms with Gasteiger partial charge in [0.1, 0.15) is 5.15 Å². The number of methoxy groups -OCH3 is 2. The van der Waals surface area contributed by atoms with E-state index in [1.54, 1.807) is 20.4 Å². The van der Waals surface area contributed by atoms with Crippen LogP contribution in [0.25, 0.3) is 22.0 Å². The van der Waals surface area contributed by atoms with Crippen molar-refractivity contribution >= 4 is 22.5 Å². The van der Waals surface area contributed by atoms with Crippen molar-refractivity contribution in [2.75, 3.05) is 14.2 Å². The van der Waals surface area contributed by atoms with Crippen LogP contribution in [0.5, 0.6) is 11.5 Å². The average Bonchev–Trinajstić information content (AvgIpc) is 2.81. The molecule has 0 aliphatic rings. The molecular weight excluding hydrogens is 288 g/mol. The van der Waals surface area contributed by atoms with Gasteiger partial charge in [-0.15, -0.1) is 0 Å². The Morgan fingerprint density at radius 1 is 1.10 bits per heavy atom. The Morgan fingerprint density at radius 3 is 2.57 bits per heavy atom. The van der Waals surface area contributed by atoms with E-state index in [1.807, 2.05) is 31.2 Å². The van der Waals surface area contributed by atoms with Crippen LogP contribution in [0.2, 0.25) is 5.15 Å². The minimum atomic E-state index is 0.475. The number of ether oxygens (including phenoxy) is 2. The molecule has 3 aromatic rings. The summed E-state index contributed by atoms with van der Waals surface area (Å²) in [6, 6.07) is 7.73. The summed E-state index contributed by atoms with van der Waals surface area (Å²) in [5, 5.41) is 1.52. The third-order valence-electron chi connectivity index (χ3n) is 3.51. The molecule has 0 radical (unpaired) electrons. The second kappa shape index (κ2) is 5.30. The molecule has 5 heteroatoms. The molecule has 0 saturated heterocycles. The molecule has 0 unspecified atom stereocenters. The Hall–Kier alpha value is -2.20. The number of aromatic nitrogens is 2. The zero-order chi connectivity index (χ0) is 15.0. The molecule has 21 heavy (non-hydrogen) atoms. The fraction of sp³-hybridized carbons (Fsp3) is 0.188. The minimum absolute atomic E-state index is 0.475. The molecule has 0 aliphatic carbocycles. The Morgan fingerprint density at radius 2 is 1.86 bits per heavy atom. The molecule has 1 N–H and O–H groups in total. The van der Waals surface area contributed by atoms with Crippen LogP contribution in [-0.4, -0.2) is 24.2 Å². The van der Waals surface area contributed by atoms with Crippen molar-refractivity contribution in [2.24, 2.45) is 0 Å². The highest BCUT2D eigenvalue weighted by Gasteiger charge is 2.14. The van der Waals surface area contributed by atoms with E-state index in [1.165, 1.54) is 0 Å². The van der Waals surface area contributed by atoms with E-state index >= 15 is 0 Å². The number of fused-ring (bicyclic) bond motifs is 1. The molecule has 4 nitrogen and oxygen atoms in total. The highest BCUT2D eigenvalue weighted by atomic mass is 35.5. The first-order valence-corrected chi connectivity index (χ1v) is 6.88. The zero-order valence-corrected chi connectivity index (χ0v) is 12.8. The second-order valence-electron chi connectivity index (χ2n) is 4.75. The lowest BCUT2D eigenvalue weighted by Crippen LogP contribution is -1.91. The molecule has 3 rings (SSSR count). The number of rotatable bonds is 3. The predicted octanol–water partition coefficient (Wildman–Crippen LogP) is 4.21. The summed E-state index contributed by atoms with van der Waals surface area (Å²) in [6.07, 6.45) is 1.74. The van der Waals surface area contributed by atoms with Crippen molar-refractivity contribution in [1.29, 1.82) is 0 Å². The van der Waals surface area contributed by atoms with Crippen molar-refractivity contribution in [3.63, 3.8) is 0 Å². The fourth-order valence-corrected chi connectivity index (χ4v) is 2.72. The SMILES string of the molecule is COc1ccc(-c2c(C)[nH]c3cnc(Cl)cc23)cc1OC. The van der Waals surface area contributed by atoms with Gasteiger partial charge in [0.05, 0.1) is 25.9 Å². The Labute approximate surface area is 127 Å². The molecule has 0 saturated carbocycles. The van der Waals surface area contributed by atoms with Gasteiger partial charge in [0, 0.05) is 16.6 Å². The maximum absolute atomic E-state index is 6.02. The summed E-state index contributed by atoms with van der Waals surface area (Å²) in [6.45, 7) is 2.03. The summed E-state index contributed by atoms with van der Waals surface area (Å²) < 4.78 is 10.7. The van der Waals surface area contributed by atoms with Crippen molar-refractivity contribution in [1.82, 2.24) is 9.97 Å². The number of aromatic amines is 1. The van der Waals surface area contributed by atoms with E-state index in [0.717, 1.165) is 27.7 Å². The molecular formula is C16H15ClN2O2. The van der Waals surface area contributed by atoms with Crippen molar-refractivity contribution in [3.8, 4) is 22.6 Å². The van der Waals surface area contributed by atoms with Gasteiger partial charge in [-0.2, -0.15) is 0 Å². The number of hydrogen-bond acceptors (Lipinski definition) is 3. The van der Waals surface area contributed by atoms with Crippen LogP contribution < -0.4 is 9.47 Å². The Kier molecular flexibility index (Phi) is 3.47. The van der Waals surface area contributed by atoms with Gasteiger partial charge in [0.15, 0.2) is 11.5 Å². The minimum Gasteiger partial charge on any atom is -0.493 e. The topological polar surface area (TPSA) is 47.1 Å². The van der Waals surface area contributed by atoms with Gasteiger partial charge in [-0.3, -0.25) is 0 Å². The highest BCUT2D eigenvalue weighted by Crippen LogP contribution is 2.37. The lowest BCUT2D eigenvalue weighted by Gasteiger charge is -2.10. The molecule has 1 aromatic carbocycles. The lowest BCUT2D eigenvalue weighted by molar-refractivity contribution is 0.355. The van der Waals surface area contributed by atoms with Crippen LogP contribution in [0, 0.1) is 6.92 Å². The number of benzene rings is 1. The maximum atomic E-state index is 6.02. The molecule has 0 fully saturated rings. The largest absolute Gasteiger partial charge is 0.493 e. The van der Waals surface area contributed by atoms with Crippen molar-refractivity contribution < 1.29 is 9.47 Å². The Balaban J connectivity index is 2.24. The molecule has 108 valence electrons. The van der Waals surface area contributed by atoms with Gasteiger partial charge in [-0.05, 0) is 30.7 Å². The Bertz CT molecular complexity index is 811. The number of hydrogen-bond donors (Lipinski definition) is 1. The van der Waals surface area contributed by atoms with E-state index in [0.29, 0.717) is 16.7 Å². The van der Waals surface area contributed by atoms with Gasteiger partial charge in [0.2, 0.25) is 0 Å². The third-order valence-corrected chi connectivity index (χ3v) is 3.72. The van der Waals surface area contributed by atoms with Crippen molar-refractivity contribution in [3.05, 3.63) is 41.3 Å². The standard InChI is InChI=1S/C16H15ClN2O2/c1-9-16(11-7-15(17)18-8-12(11)19-9)10-4-5-13(20-2)14(6-10)21-3/h4-8,19H,1-3H3. The quantitative estimate of drug-likeness (QED) is 0.737. The van der Waals surface area contributed by atoms with E-state index < -0.39 is 0 Å². The van der Waals surface area contributed by atoms with Crippen LogP contribution in [0.3, 0.4) is 0 Å². The number of halogens is 1. The van der Waals surface area contributed by atoms with Crippen molar-refractivity contribution in [2.45, 2.75) is 6.92 Å². The van der Waals surface area contributed by atoms with E-state index in [9.17, 15) is 0 Å². The van der Waals surface area contributed by atoms with Crippen LogP contribution in [-0.2, 0) is 0 Å². The van der Waals surface area contributed by atoms with E-state index in [-0.39, 0.29) is 0 Å². The van der Waals surface area contributed by atoms with Crippen LogP contribution >= 0.6 is 11.6 Å². The number of nitrogens with zero attached hydrogens (tertiary/aromatic N) is 1. The molecule has 0 atom stereocenters. The third kappa shape index (κ3) is 2.32. The van der Waals surface area contributed by atoms with Crippen LogP contribution in [0.1, 0.15) is 5.69 Å². The molecule has 2 aromatic heterocycles. The monoisotopic (exact) mass is 302 g/mol. The summed E-state index contributed by atoms with van der Waals surface area (Å²) in [4.78, 5) is 7.43. The van der Waals surface area contributed by atoms with Gasteiger partial charge in [0.25, 0.3) is 0 Å². The maximum Gasteiger partial charge on any atom is 0.161 e. The number of H-pyrrole nitrogens is 1. The fourth-order valence-electron chi connectivity index (χ4n) is 2.57. The van der Waals surface area contributed by atoms with E-state index in [4.69, 9.17) is 21.1 Å². The van der Waals surface area contributed by atoms with Gasteiger partial charge >= 0.3 is 0 Å². The molecule has 0 amide bonds. The normalized spacial score (nSPS) is 10.9. The highest BCUT2D eigenvalue weighted by molar-refractivity contribution is 6.30. The average molecular weight is 303 g/mol. The predicted molar refractivity (Wildman–Crippen MR) is 84.4 cm³/mol. The molecule has 0 aliphatic heterocycles. The van der Waals surface area contributed by atoms with Gasteiger partial charge in [-0.1, -0.05) is 17.7 Å². The smallest absolute Gasteiger partial charge is 0.161 e.